The van der Waals surface area contributed by atoms with E-state index in [-0.39, 0.29) is 29.8 Å². The van der Waals surface area contributed by atoms with E-state index in [4.69, 9.17) is 4.74 Å². The first kappa shape index (κ1) is 33.2. The van der Waals surface area contributed by atoms with Gasteiger partial charge in [-0.25, -0.2) is 9.69 Å². The van der Waals surface area contributed by atoms with Crippen LogP contribution in [0.2, 0.25) is 0 Å². The summed E-state index contributed by atoms with van der Waals surface area (Å²) in [7, 11) is 0. The molecule has 248 valence electrons. The lowest BCUT2D eigenvalue weighted by molar-refractivity contribution is -0.122. The van der Waals surface area contributed by atoms with Crippen LogP contribution in [0.1, 0.15) is 53.1 Å². The third-order valence-electron chi connectivity index (χ3n) is 8.70. The number of hydrogen-bond donors (Lipinski definition) is 1. The SMILES string of the molecule is CCOC(=O)c1ccc(NC(=O)Cn2c3c(sc2=O)C(c2ccc(N(CC)CC)cc2)C2C(=O)N(c4ccc(C)cc4)C(=O)C2S3)cc1. The molecule has 4 aromatic rings. The minimum atomic E-state index is -0.780. The zero-order chi connectivity index (χ0) is 34.1. The number of aryl methyl sites for hydroxylation is 1. The second kappa shape index (κ2) is 13.8. The van der Waals surface area contributed by atoms with E-state index in [2.05, 4.69) is 24.1 Å². The molecule has 3 heterocycles. The Morgan fingerprint density at radius 2 is 1.54 bits per heavy atom. The molecule has 2 aliphatic heterocycles. The van der Waals surface area contributed by atoms with Gasteiger partial charge < -0.3 is 15.0 Å². The van der Waals surface area contributed by atoms with Crippen LogP contribution in [0.5, 0.6) is 0 Å². The molecule has 3 unspecified atom stereocenters. The van der Waals surface area contributed by atoms with Crippen LogP contribution >= 0.6 is 23.1 Å². The van der Waals surface area contributed by atoms with Gasteiger partial charge in [0, 0.05) is 35.3 Å². The van der Waals surface area contributed by atoms with Crippen LogP contribution in [-0.2, 0) is 25.7 Å². The number of aromatic nitrogens is 1. The molecule has 3 atom stereocenters. The summed E-state index contributed by atoms with van der Waals surface area (Å²) in [6.45, 7) is 9.48. The quantitative estimate of drug-likeness (QED) is 0.168. The van der Waals surface area contributed by atoms with Gasteiger partial charge >= 0.3 is 10.8 Å². The highest BCUT2D eigenvalue weighted by Crippen LogP contribution is 2.54. The zero-order valence-electron chi connectivity index (χ0n) is 27.1. The third kappa shape index (κ3) is 6.17. The summed E-state index contributed by atoms with van der Waals surface area (Å²) in [5.74, 6) is -2.83. The fourth-order valence-electron chi connectivity index (χ4n) is 6.29. The van der Waals surface area contributed by atoms with Crippen LogP contribution in [0.15, 0.2) is 82.6 Å². The van der Waals surface area contributed by atoms with Gasteiger partial charge in [0.15, 0.2) is 0 Å². The number of nitrogens with one attached hydrogen (secondary N) is 1. The van der Waals surface area contributed by atoms with Gasteiger partial charge in [0.1, 0.15) is 11.8 Å². The largest absolute Gasteiger partial charge is 0.462 e. The fraction of sp³-hybridized carbons (Fsp3) is 0.306. The summed E-state index contributed by atoms with van der Waals surface area (Å²) >= 11 is 2.19. The zero-order valence-corrected chi connectivity index (χ0v) is 28.7. The van der Waals surface area contributed by atoms with Gasteiger partial charge in [-0.3, -0.25) is 23.7 Å². The van der Waals surface area contributed by atoms with Gasteiger partial charge in [-0.05, 0) is 81.8 Å². The van der Waals surface area contributed by atoms with E-state index in [0.29, 0.717) is 26.8 Å². The molecule has 0 bridgehead atoms. The first-order valence-corrected chi connectivity index (χ1v) is 17.6. The van der Waals surface area contributed by atoms with Crippen molar-refractivity contribution >= 4 is 63.9 Å². The third-order valence-corrected chi connectivity index (χ3v) is 11.3. The van der Waals surface area contributed by atoms with Gasteiger partial charge in [-0.2, -0.15) is 0 Å². The van der Waals surface area contributed by atoms with Crippen molar-refractivity contribution in [2.45, 2.75) is 50.4 Å². The van der Waals surface area contributed by atoms with E-state index in [1.807, 2.05) is 43.3 Å². The summed E-state index contributed by atoms with van der Waals surface area (Å²) in [5.41, 5.74) is 4.20. The summed E-state index contributed by atoms with van der Waals surface area (Å²) in [4.78, 5) is 70.8. The molecule has 48 heavy (non-hydrogen) atoms. The molecule has 0 saturated carbocycles. The highest BCUT2D eigenvalue weighted by molar-refractivity contribution is 8.00. The lowest BCUT2D eigenvalue weighted by Crippen LogP contribution is -2.33. The van der Waals surface area contributed by atoms with Crippen molar-refractivity contribution in [1.29, 1.82) is 0 Å². The highest BCUT2D eigenvalue weighted by atomic mass is 32.2. The van der Waals surface area contributed by atoms with E-state index in [1.54, 1.807) is 43.3 Å². The number of rotatable bonds is 10. The van der Waals surface area contributed by atoms with Crippen molar-refractivity contribution in [1.82, 2.24) is 4.57 Å². The number of thiazole rings is 1. The summed E-state index contributed by atoms with van der Waals surface area (Å²) < 4.78 is 6.41. The maximum atomic E-state index is 14.2. The van der Waals surface area contributed by atoms with E-state index < -0.39 is 29.0 Å². The van der Waals surface area contributed by atoms with Gasteiger partial charge in [0.2, 0.25) is 17.7 Å². The number of carbonyl (C=O) groups is 4. The molecule has 0 aliphatic carbocycles. The Kier molecular flexibility index (Phi) is 9.56. The Balaban J connectivity index is 1.35. The number of anilines is 3. The number of esters is 1. The minimum absolute atomic E-state index is 0.253. The average molecular weight is 685 g/mol. The van der Waals surface area contributed by atoms with Crippen molar-refractivity contribution in [3.8, 4) is 0 Å². The monoisotopic (exact) mass is 684 g/mol. The molecule has 10 nitrogen and oxygen atoms in total. The van der Waals surface area contributed by atoms with Gasteiger partial charge in [0.05, 0.1) is 28.8 Å². The van der Waals surface area contributed by atoms with Crippen molar-refractivity contribution < 1.29 is 23.9 Å². The molecule has 2 aliphatic rings. The molecule has 12 heteroatoms. The first-order valence-electron chi connectivity index (χ1n) is 15.9. The highest BCUT2D eigenvalue weighted by Gasteiger charge is 2.56. The van der Waals surface area contributed by atoms with Gasteiger partial charge in [-0.1, -0.05) is 52.9 Å². The number of imide groups is 1. The van der Waals surface area contributed by atoms with E-state index in [9.17, 15) is 24.0 Å². The molecule has 3 amide bonds. The smallest absolute Gasteiger partial charge is 0.338 e. The minimum Gasteiger partial charge on any atom is -0.462 e. The number of fused-ring (bicyclic) bond motifs is 2. The molecule has 1 N–H and O–H groups in total. The molecule has 1 fully saturated rings. The average Bonchev–Trinajstić information content (AvgIpc) is 3.52. The molecule has 1 saturated heterocycles. The molecule has 1 aromatic heterocycles. The van der Waals surface area contributed by atoms with Crippen LogP contribution in [0, 0.1) is 12.8 Å². The summed E-state index contributed by atoms with van der Waals surface area (Å²) in [6, 6.07) is 21.6. The molecular formula is C36H36N4O6S2. The van der Waals surface area contributed by atoms with E-state index in [1.165, 1.54) is 21.2 Å². The number of amides is 3. The van der Waals surface area contributed by atoms with Crippen molar-refractivity contribution in [3.63, 3.8) is 0 Å². The second-order valence-corrected chi connectivity index (χ2v) is 13.7. The summed E-state index contributed by atoms with van der Waals surface area (Å²) in [6.07, 6.45) is 0. The Morgan fingerprint density at radius 1 is 0.875 bits per heavy atom. The molecule has 0 spiro atoms. The van der Waals surface area contributed by atoms with E-state index >= 15 is 0 Å². The predicted octanol–water partition coefficient (Wildman–Crippen LogP) is 5.68. The molecule has 0 radical (unpaired) electrons. The van der Waals surface area contributed by atoms with E-state index in [0.717, 1.165) is 41.2 Å². The maximum absolute atomic E-state index is 14.2. The lowest BCUT2D eigenvalue weighted by Gasteiger charge is -2.31. The summed E-state index contributed by atoms with van der Waals surface area (Å²) in [5, 5.41) is 2.53. The second-order valence-electron chi connectivity index (χ2n) is 11.6. The van der Waals surface area contributed by atoms with Crippen LogP contribution in [-0.4, -0.2) is 53.2 Å². The number of benzene rings is 3. The lowest BCUT2D eigenvalue weighted by atomic mass is 9.83. The number of nitrogens with zero attached hydrogens (tertiary/aromatic N) is 3. The number of carbonyl (C=O) groups excluding carboxylic acids is 4. The Bertz CT molecular complexity index is 1910. The van der Waals surface area contributed by atoms with Crippen molar-refractivity contribution in [2.24, 2.45) is 5.92 Å². The molecule has 3 aromatic carbocycles. The van der Waals surface area contributed by atoms with Crippen molar-refractivity contribution in [2.75, 3.05) is 34.8 Å². The van der Waals surface area contributed by atoms with Crippen LogP contribution in [0.4, 0.5) is 17.1 Å². The van der Waals surface area contributed by atoms with Crippen LogP contribution in [0.3, 0.4) is 0 Å². The Morgan fingerprint density at radius 3 is 2.17 bits per heavy atom. The fourth-order valence-corrected chi connectivity index (χ4v) is 9.07. The van der Waals surface area contributed by atoms with Gasteiger partial charge in [-0.15, -0.1) is 0 Å². The van der Waals surface area contributed by atoms with Crippen molar-refractivity contribution in [3.05, 3.63) is 104 Å². The standard InChI is InChI=1S/C36H36N4O6S2/c1-5-38(6-2)25-18-12-22(13-19-25)28-29-30(33(43)40(32(29)42)26-16-8-21(4)9-17-26)47-34-31(28)48-36(45)39(34)20-27(41)37-24-14-10-23(11-15-24)35(44)46-7-3/h8-19,28-30H,5-7,20H2,1-4H3,(H,37,41). The Hall–Kier alpha value is -4.68. The Labute approximate surface area is 286 Å². The number of ether oxygens (including phenoxy) is 1. The van der Waals surface area contributed by atoms with Crippen LogP contribution < -0.4 is 20.0 Å². The number of hydrogen-bond acceptors (Lipinski definition) is 9. The first-order chi connectivity index (χ1) is 23.1. The predicted molar refractivity (Wildman–Crippen MR) is 188 cm³/mol. The number of thioether (sulfide) groups is 1. The molecule has 6 rings (SSSR count). The van der Waals surface area contributed by atoms with Crippen LogP contribution in [0.25, 0.3) is 0 Å². The molecular weight excluding hydrogens is 649 g/mol. The topological polar surface area (TPSA) is 118 Å². The normalized spacial score (nSPS) is 18.3. The van der Waals surface area contributed by atoms with Gasteiger partial charge in [0.25, 0.3) is 0 Å². The maximum Gasteiger partial charge on any atom is 0.338 e.